The van der Waals surface area contributed by atoms with Gasteiger partial charge in [0.2, 0.25) is 0 Å². The number of carbonyl (C=O) groups is 1. The molecule has 3 unspecified atom stereocenters. The molecule has 484 valence electrons. The van der Waals surface area contributed by atoms with Crippen molar-refractivity contribution in [2.45, 2.75) is 201 Å². The fraction of sp³-hybridized carbons (Fsp3) is 0.512. The van der Waals surface area contributed by atoms with Gasteiger partial charge < -0.3 is 24.0 Å². The third-order valence-corrected chi connectivity index (χ3v) is 28.3. The van der Waals surface area contributed by atoms with E-state index in [4.69, 9.17) is 14.2 Å². The van der Waals surface area contributed by atoms with Crippen LogP contribution in [0.4, 0.5) is 0 Å². The molecule has 3 N–H and O–H groups in total. The molecule has 6 fully saturated rings. The van der Waals surface area contributed by atoms with Crippen molar-refractivity contribution in [1.82, 2.24) is 40.4 Å². The number of ether oxygens (including phenoxy) is 3. The highest BCUT2D eigenvalue weighted by Crippen LogP contribution is 2.71. The summed E-state index contributed by atoms with van der Waals surface area (Å²) >= 11 is 0. The summed E-state index contributed by atoms with van der Waals surface area (Å²) in [4.78, 5) is 17.2. The smallest absolute Gasteiger partial charge is 0.136 e. The van der Waals surface area contributed by atoms with Gasteiger partial charge in [0.05, 0.1) is 68.7 Å². The number of fused-ring (bicyclic) bond motifs is 6. The Hall–Kier alpha value is -6.80. The van der Waals surface area contributed by atoms with E-state index in [0.29, 0.717) is 48.5 Å². The minimum absolute atomic E-state index is 0.0274. The number of ketones is 1. The minimum atomic E-state index is -0.317. The highest BCUT2D eigenvalue weighted by atomic mass is 16.5. The van der Waals surface area contributed by atoms with Crippen LogP contribution in [0.3, 0.4) is 0 Å². The molecule has 6 bridgehead atoms. The summed E-state index contributed by atoms with van der Waals surface area (Å²) in [6, 6.07) is 21.5. The van der Waals surface area contributed by atoms with Gasteiger partial charge in [-0.3, -0.25) is 20.1 Å². The largest absolute Gasteiger partial charge is 0.359 e. The second-order valence-electron chi connectivity index (χ2n) is 33.0. The third kappa shape index (κ3) is 8.03. The lowest BCUT2D eigenvalue weighted by Gasteiger charge is -2.54. The molecule has 9 heterocycles. The molecule has 12 heteroatoms. The number of allylic oxidation sites excluding steroid dienone is 9. The fourth-order valence-corrected chi connectivity index (χ4v) is 23.3. The average molecular weight is 1250 g/mol. The predicted molar refractivity (Wildman–Crippen MR) is 372 cm³/mol. The Kier molecular flexibility index (Phi) is 12.6. The number of aromatic nitrogens is 6. The molecule has 6 aromatic rings. The molecule has 6 spiro atoms. The van der Waals surface area contributed by atoms with Crippen molar-refractivity contribution >= 4 is 55.2 Å². The number of H-pyrrole nitrogens is 3. The van der Waals surface area contributed by atoms with Crippen molar-refractivity contribution < 1.29 is 19.0 Å². The first-order valence-electron chi connectivity index (χ1n) is 36.0. The molecule has 14 atom stereocenters. The van der Waals surface area contributed by atoms with Crippen LogP contribution in [0.25, 0.3) is 49.4 Å². The molecule has 6 aliphatic heterocycles. The number of aromatic amines is 3. The van der Waals surface area contributed by atoms with Crippen LogP contribution in [-0.2, 0) is 19.0 Å². The molecule has 94 heavy (non-hydrogen) atoms. The number of nitrogens with one attached hydrogen (secondary N) is 3. The van der Waals surface area contributed by atoms with Gasteiger partial charge in [0.25, 0.3) is 0 Å². The molecule has 12 nitrogen and oxygen atoms in total. The highest BCUT2D eigenvalue weighted by molar-refractivity contribution is 5.88. The van der Waals surface area contributed by atoms with Gasteiger partial charge in [0, 0.05) is 75.1 Å². The summed E-state index contributed by atoms with van der Waals surface area (Å²) in [6.45, 7) is 7.41. The van der Waals surface area contributed by atoms with Gasteiger partial charge in [-0.25, -0.2) is 0 Å². The molecule has 9 aliphatic carbocycles. The second kappa shape index (κ2) is 20.2. The molecule has 15 aliphatic rings. The first kappa shape index (κ1) is 58.5. The van der Waals surface area contributed by atoms with Gasteiger partial charge in [-0.2, -0.15) is 15.3 Å². The standard InChI is InChI=1S/2C28H33N3O.C26H26N2O2/c2*1-26-11-10-21-15-20-6-7-22(31(2)3)16-27(20)12-13-28(21,32-27)25(26)9-8-23(26)18-4-5-19-17-29-30-24(19)14-18;1-24-9-8-19-13-18-4-5-20(29)14-25(18)10-11-26(19,30-25)23(24)7-6-21(24)16-2-3-17-15-27-28-22(17)12-16/h2*4-5,8,10,14-15,17,22,25H,6-7,9,11-13,16H2,1-3H3,(H,29,30);2-3,6,8,12-13,15,23H,4-5,7,9-11,14H2,1H3,(H,27,28)/t22-,25+,26+,27?,28+;22-,25-,26-,27?,28-;23-,24-,25?,26-/m011/s1. The molecule has 21 rings (SSSR count). The van der Waals surface area contributed by atoms with E-state index in [9.17, 15) is 4.79 Å². The van der Waals surface area contributed by atoms with Crippen molar-refractivity contribution in [3.8, 4) is 0 Å². The van der Waals surface area contributed by atoms with Gasteiger partial charge in [0.1, 0.15) is 5.78 Å². The number of benzene rings is 3. The quantitative estimate of drug-likeness (QED) is 0.154. The first-order chi connectivity index (χ1) is 45.4. The Morgan fingerprint density at radius 3 is 1.19 bits per heavy atom. The molecule has 3 saturated heterocycles. The van der Waals surface area contributed by atoms with Crippen molar-refractivity contribution in [3.05, 3.63) is 178 Å². The maximum Gasteiger partial charge on any atom is 0.136 e. The Bertz CT molecular complexity index is 4370. The van der Waals surface area contributed by atoms with Gasteiger partial charge in [-0.05, 0) is 235 Å². The zero-order valence-electron chi connectivity index (χ0n) is 56.2. The van der Waals surface area contributed by atoms with Crippen LogP contribution in [0, 0.1) is 34.0 Å². The minimum Gasteiger partial charge on any atom is -0.359 e. The van der Waals surface area contributed by atoms with Crippen LogP contribution < -0.4 is 0 Å². The summed E-state index contributed by atoms with van der Waals surface area (Å²) in [5.74, 6) is 1.82. The van der Waals surface area contributed by atoms with Crippen LogP contribution in [-0.4, -0.2) is 120 Å². The monoisotopic (exact) mass is 1250 g/mol. The van der Waals surface area contributed by atoms with Crippen molar-refractivity contribution in [2.24, 2.45) is 34.0 Å². The predicted octanol–water partition coefficient (Wildman–Crippen LogP) is 16.6. The van der Waals surface area contributed by atoms with Crippen LogP contribution in [0.15, 0.2) is 161 Å². The maximum absolute atomic E-state index is 12.3. The Morgan fingerprint density at radius 2 is 0.809 bits per heavy atom. The third-order valence-electron chi connectivity index (χ3n) is 28.3. The van der Waals surface area contributed by atoms with Gasteiger partial charge in [-0.15, -0.1) is 0 Å². The summed E-state index contributed by atoms with van der Waals surface area (Å²) in [7, 11) is 8.93. The summed E-state index contributed by atoms with van der Waals surface area (Å²) < 4.78 is 21.8. The molecule has 3 aromatic carbocycles. The number of nitrogens with zero attached hydrogens (tertiary/aromatic N) is 5. The van der Waals surface area contributed by atoms with Gasteiger partial charge in [-0.1, -0.05) is 112 Å². The number of hydrogen-bond donors (Lipinski definition) is 3. The van der Waals surface area contributed by atoms with Gasteiger partial charge in [0.15, 0.2) is 0 Å². The van der Waals surface area contributed by atoms with E-state index in [1.54, 1.807) is 11.1 Å². The molecular weight excluding hydrogens is 1160 g/mol. The molecular formula is C82H92N8O4. The Morgan fingerprint density at radius 1 is 0.447 bits per heavy atom. The number of rotatable bonds is 5. The van der Waals surface area contributed by atoms with Crippen molar-refractivity contribution in [1.29, 1.82) is 0 Å². The van der Waals surface area contributed by atoms with E-state index in [1.165, 1.54) is 118 Å². The summed E-state index contributed by atoms with van der Waals surface area (Å²) in [6.07, 6.45) is 50.8. The number of hydrogen-bond acceptors (Lipinski definition) is 9. The second-order valence-corrected chi connectivity index (χ2v) is 33.0. The molecule has 0 radical (unpaired) electrons. The van der Waals surface area contributed by atoms with Crippen molar-refractivity contribution in [2.75, 3.05) is 28.2 Å². The van der Waals surface area contributed by atoms with Crippen LogP contribution >= 0.6 is 0 Å². The van der Waals surface area contributed by atoms with E-state index in [0.717, 1.165) is 92.6 Å². The van der Waals surface area contributed by atoms with Crippen LogP contribution in [0.2, 0.25) is 0 Å². The van der Waals surface area contributed by atoms with Crippen molar-refractivity contribution in [3.63, 3.8) is 0 Å². The van der Waals surface area contributed by atoms with E-state index < -0.39 is 0 Å². The molecule has 3 aromatic heterocycles. The SMILES string of the molecule is CN(C)[C@@H]1CCC2=CC3=CC[C@]4(C)C(c5ccc6cn[nH]c6c5)=CC[C@H]4[C@@]34CCC2(C1)O4.CN(C)[C@H]1CCC2=CC3=CC[C@]4(C)C(c5ccc6cn[nH]c6c5)=CC[C@H]4[C@@]34CCC2(C1)O4.C[C@]12CC=C3C=C4CCC(=O)CC45CC[C@]3(O5)[C@@H]1CC=C2c1ccc2cn[nH]c2c1. The lowest BCUT2D eigenvalue weighted by Crippen LogP contribution is -2.54. The topological polar surface area (TPSA) is 137 Å². The van der Waals surface area contributed by atoms with E-state index in [-0.39, 0.29) is 49.9 Å². The van der Waals surface area contributed by atoms with Gasteiger partial charge >= 0.3 is 0 Å². The molecule has 0 amide bonds. The van der Waals surface area contributed by atoms with E-state index in [2.05, 4.69) is 199 Å². The summed E-state index contributed by atoms with van der Waals surface area (Å²) in [5.41, 5.74) is 20.1. The van der Waals surface area contributed by atoms with E-state index in [1.807, 2.05) is 18.6 Å². The Labute approximate surface area is 553 Å². The van der Waals surface area contributed by atoms with Crippen LogP contribution in [0.1, 0.15) is 172 Å². The lowest BCUT2D eigenvalue weighted by atomic mass is 9.58. The normalized spacial score (nSPS) is 39.7. The zero-order chi connectivity index (χ0) is 63.6. The maximum atomic E-state index is 12.3. The summed E-state index contributed by atoms with van der Waals surface area (Å²) in [5, 5.41) is 25.6. The zero-order valence-corrected chi connectivity index (χ0v) is 56.2. The molecule has 3 saturated carbocycles. The average Bonchev–Trinajstić information content (AvgIpc) is 1.51. The fourth-order valence-electron chi connectivity index (χ4n) is 23.3. The first-order valence-corrected chi connectivity index (χ1v) is 36.0. The number of Topliss-reactive ketones (excluding diaryl/α,β-unsaturated/α-hetero) is 1. The Balaban J connectivity index is 0.000000100. The van der Waals surface area contributed by atoms with Crippen LogP contribution in [0.5, 0.6) is 0 Å². The van der Waals surface area contributed by atoms with E-state index >= 15 is 0 Å². The number of carbonyl (C=O) groups excluding carboxylic acids is 1. The lowest BCUT2D eigenvalue weighted by molar-refractivity contribution is -0.143. The highest BCUT2D eigenvalue weighted by Gasteiger charge is 2.69.